The van der Waals surface area contributed by atoms with Crippen LogP contribution in [0.25, 0.3) is 5.76 Å². The highest BCUT2D eigenvalue weighted by atomic mass is 32.1. The second-order valence-electron chi connectivity index (χ2n) is 10.5. The molecule has 1 N–H and O–H groups in total. The first-order valence-electron chi connectivity index (χ1n) is 14.3. The number of carbonyl (C=O) groups excluding carboxylic acids is 3. The van der Waals surface area contributed by atoms with E-state index in [0.717, 1.165) is 41.9 Å². The first-order chi connectivity index (χ1) is 20.7. The molecular formula is C33H34N2O7S. The number of aliphatic hydroxyl groups excluding tert-OH is 1. The van der Waals surface area contributed by atoms with Crippen LogP contribution < -0.4 is 14.4 Å². The number of aryl methyl sites for hydroxylation is 1. The highest BCUT2D eigenvalue weighted by Crippen LogP contribution is 2.44. The summed E-state index contributed by atoms with van der Waals surface area (Å²) in [7, 11) is 0. The molecule has 10 heteroatoms. The van der Waals surface area contributed by atoms with Gasteiger partial charge >= 0.3 is 11.9 Å². The van der Waals surface area contributed by atoms with Gasteiger partial charge in [-0.05, 0) is 61.7 Å². The van der Waals surface area contributed by atoms with Crippen LogP contribution in [0.15, 0.2) is 60.7 Å². The Hall–Kier alpha value is -4.44. The topological polar surface area (TPSA) is 115 Å². The molecule has 5 rings (SSSR count). The van der Waals surface area contributed by atoms with E-state index in [4.69, 9.17) is 14.2 Å². The van der Waals surface area contributed by atoms with E-state index in [9.17, 15) is 19.5 Å². The summed E-state index contributed by atoms with van der Waals surface area (Å²) in [5, 5.41) is 11.7. The van der Waals surface area contributed by atoms with Gasteiger partial charge in [-0.25, -0.2) is 9.78 Å². The average Bonchev–Trinajstić information content (AvgIpc) is 3.65. The van der Waals surface area contributed by atoms with Crippen molar-refractivity contribution in [3.05, 3.63) is 88.0 Å². The highest BCUT2D eigenvalue weighted by Gasteiger charge is 2.48. The Bertz CT molecular complexity index is 1590. The smallest absolute Gasteiger partial charge is 0.350 e. The SMILES string of the molecule is C=CCOC(=O)c1sc(N2C(=O)C(=O)C(=C(O)c3ccc4c(c3)CC(C)O4)C2c2ccc(OCCCCC)cc2)nc1C. The van der Waals surface area contributed by atoms with Gasteiger partial charge in [-0.15, -0.1) is 0 Å². The minimum Gasteiger partial charge on any atom is -0.507 e. The van der Waals surface area contributed by atoms with E-state index in [1.165, 1.54) is 11.0 Å². The zero-order valence-corrected chi connectivity index (χ0v) is 25.2. The molecule has 3 aromatic rings. The van der Waals surface area contributed by atoms with Crippen molar-refractivity contribution >= 4 is 39.9 Å². The summed E-state index contributed by atoms with van der Waals surface area (Å²) < 4.78 is 16.8. The summed E-state index contributed by atoms with van der Waals surface area (Å²) in [4.78, 5) is 45.8. The van der Waals surface area contributed by atoms with E-state index in [1.807, 2.05) is 6.92 Å². The minimum absolute atomic E-state index is 0.00110. The van der Waals surface area contributed by atoms with Gasteiger partial charge in [-0.3, -0.25) is 14.5 Å². The van der Waals surface area contributed by atoms with Gasteiger partial charge < -0.3 is 19.3 Å². The normalized spacial score (nSPS) is 18.8. The summed E-state index contributed by atoms with van der Waals surface area (Å²) >= 11 is 0.952. The number of esters is 1. The van der Waals surface area contributed by atoms with E-state index in [1.54, 1.807) is 49.4 Å². The second-order valence-corrected chi connectivity index (χ2v) is 11.5. The van der Waals surface area contributed by atoms with Crippen LogP contribution in [0.4, 0.5) is 5.13 Å². The van der Waals surface area contributed by atoms with Crippen molar-refractivity contribution in [3.8, 4) is 11.5 Å². The lowest BCUT2D eigenvalue weighted by Crippen LogP contribution is -2.29. The maximum absolute atomic E-state index is 13.6. The number of aromatic nitrogens is 1. The van der Waals surface area contributed by atoms with Crippen LogP contribution in [0.5, 0.6) is 11.5 Å². The molecule has 0 saturated carbocycles. The summed E-state index contributed by atoms with van der Waals surface area (Å²) in [6.07, 6.45) is 5.20. The number of rotatable bonds is 11. The molecule has 1 aromatic heterocycles. The standard InChI is InChI=1S/C33H34N2O7S/c1-5-7-8-16-40-24-12-9-21(10-13-24)27-26(28(36)22-11-14-25-23(18-22)17-19(3)42-25)29(37)31(38)35(27)33-34-20(4)30(43-33)32(39)41-15-6-2/h6,9-14,18-19,27,36H,2,5,7-8,15-17H2,1,3-4H3. The third-order valence-corrected chi connectivity index (χ3v) is 8.47. The van der Waals surface area contributed by atoms with E-state index in [0.29, 0.717) is 35.6 Å². The molecule has 0 spiro atoms. The first kappa shape index (κ1) is 30.0. The molecule has 2 aromatic carbocycles. The molecule has 43 heavy (non-hydrogen) atoms. The van der Waals surface area contributed by atoms with Crippen molar-refractivity contribution in [1.82, 2.24) is 4.98 Å². The number of hydrogen-bond donors (Lipinski definition) is 1. The van der Waals surface area contributed by atoms with Gasteiger partial charge in [0.05, 0.1) is 23.9 Å². The molecule has 9 nitrogen and oxygen atoms in total. The summed E-state index contributed by atoms with van der Waals surface area (Å²) in [6.45, 7) is 9.87. The number of thiazole rings is 1. The summed E-state index contributed by atoms with van der Waals surface area (Å²) in [5.74, 6) is -1.23. The fourth-order valence-electron chi connectivity index (χ4n) is 5.23. The molecule has 3 heterocycles. The number of ketones is 1. The molecule has 224 valence electrons. The van der Waals surface area contributed by atoms with Crippen molar-refractivity contribution in [2.24, 2.45) is 0 Å². The zero-order chi connectivity index (χ0) is 30.7. The van der Waals surface area contributed by atoms with Gasteiger partial charge in [-0.1, -0.05) is 55.9 Å². The van der Waals surface area contributed by atoms with Crippen molar-refractivity contribution < 1.29 is 33.7 Å². The molecule has 1 saturated heterocycles. The van der Waals surface area contributed by atoms with Crippen LogP contribution >= 0.6 is 11.3 Å². The average molecular weight is 603 g/mol. The number of amides is 1. The van der Waals surface area contributed by atoms with Gasteiger partial charge in [0.1, 0.15) is 34.8 Å². The maximum Gasteiger partial charge on any atom is 0.350 e. The Balaban J connectivity index is 1.58. The molecule has 2 aliphatic rings. The Morgan fingerprint density at radius 1 is 1.21 bits per heavy atom. The van der Waals surface area contributed by atoms with E-state index in [2.05, 4.69) is 18.5 Å². The van der Waals surface area contributed by atoms with Crippen LogP contribution in [0.1, 0.15) is 71.2 Å². The Labute approximate surface area is 254 Å². The molecule has 0 aliphatic carbocycles. The third kappa shape index (κ3) is 6.06. The second kappa shape index (κ2) is 12.8. The molecule has 2 aliphatic heterocycles. The predicted molar refractivity (Wildman–Crippen MR) is 164 cm³/mol. The Kier molecular flexibility index (Phi) is 8.96. The third-order valence-electron chi connectivity index (χ3n) is 7.34. The number of ether oxygens (including phenoxy) is 3. The minimum atomic E-state index is -1.000. The number of nitrogens with zero attached hydrogens (tertiary/aromatic N) is 2. The molecule has 2 atom stereocenters. The van der Waals surface area contributed by atoms with Crippen LogP contribution in [-0.2, 0) is 20.7 Å². The number of carbonyl (C=O) groups is 3. The lowest BCUT2D eigenvalue weighted by Gasteiger charge is -2.23. The predicted octanol–water partition coefficient (Wildman–Crippen LogP) is 6.31. The monoisotopic (exact) mass is 602 g/mol. The Morgan fingerprint density at radius 3 is 2.70 bits per heavy atom. The molecule has 0 radical (unpaired) electrons. The molecule has 0 bridgehead atoms. The van der Waals surface area contributed by atoms with E-state index >= 15 is 0 Å². The maximum atomic E-state index is 13.6. The molecule has 2 unspecified atom stereocenters. The largest absolute Gasteiger partial charge is 0.507 e. The molecule has 1 amide bonds. The fraction of sp³-hybridized carbons (Fsp3) is 0.333. The van der Waals surface area contributed by atoms with Crippen molar-refractivity contribution in [2.75, 3.05) is 18.1 Å². The van der Waals surface area contributed by atoms with Crippen LogP contribution in [0.2, 0.25) is 0 Å². The lowest BCUT2D eigenvalue weighted by molar-refractivity contribution is -0.132. The molecule has 1 fully saturated rings. The number of benzene rings is 2. The van der Waals surface area contributed by atoms with Crippen LogP contribution in [-0.4, -0.2) is 47.1 Å². The van der Waals surface area contributed by atoms with Gasteiger partial charge in [0.2, 0.25) is 0 Å². The van der Waals surface area contributed by atoms with Gasteiger partial charge in [0.15, 0.2) is 5.13 Å². The van der Waals surface area contributed by atoms with Crippen molar-refractivity contribution in [3.63, 3.8) is 0 Å². The van der Waals surface area contributed by atoms with Gasteiger partial charge in [-0.2, -0.15) is 0 Å². The molecular weight excluding hydrogens is 568 g/mol. The van der Waals surface area contributed by atoms with Crippen LogP contribution in [0.3, 0.4) is 0 Å². The number of unbranched alkanes of at least 4 members (excludes halogenated alkanes) is 2. The quantitative estimate of drug-likeness (QED) is 0.0678. The van der Waals surface area contributed by atoms with Crippen molar-refractivity contribution in [1.29, 1.82) is 0 Å². The van der Waals surface area contributed by atoms with Gasteiger partial charge in [0, 0.05) is 12.0 Å². The number of fused-ring (bicyclic) bond motifs is 1. The fourth-order valence-corrected chi connectivity index (χ4v) is 6.22. The lowest BCUT2D eigenvalue weighted by atomic mass is 9.94. The Morgan fingerprint density at radius 2 is 1.98 bits per heavy atom. The first-order valence-corrected chi connectivity index (χ1v) is 15.1. The van der Waals surface area contributed by atoms with Crippen molar-refractivity contribution in [2.45, 2.75) is 58.6 Å². The number of aliphatic hydroxyl groups is 1. The van der Waals surface area contributed by atoms with Crippen LogP contribution in [0, 0.1) is 6.92 Å². The zero-order valence-electron chi connectivity index (χ0n) is 24.4. The highest BCUT2D eigenvalue weighted by molar-refractivity contribution is 7.17. The van der Waals surface area contributed by atoms with E-state index in [-0.39, 0.29) is 34.1 Å². The number of anilines is 1. The van der Waals surface area contributed by atoms with E-state index < -0.39 is 23.7 Å². The number of hydrogen-bond acceptors (Lipinski definition) is 9. The summed E-state index contributed by atoms with van der Waals surface area (Å²) in [5.41, 5.74) is 2.17. The van der Waals surface area contributed by atoms with Gasteiger partial charge in [0.25, 0.3) is 5.78 Å². The number of Topliss-reactive ketones (excluding diaryl/α,β-unsaturated/α-hetero) is 1. The summed E-state index contributed by atoms with van der Waals surface area (Å²) in [6, 6.07) is 11.3.